The Morgan fingerprint density at radius 1 is 1.06 bits per heavy atom. The largest absolute Gasteiger partial charge is 0.325 e. The number of nitrogens with zero attached hydrogens (tertiary/aromatic N) is 2. The third-order valence-corrected chi connectivity index (χ3v) is 6.34. The van der Waals surface area contributed by atoms with Crippen molar-refractivity contribution in [2.75, 3.05) is 16.4 Å². The van der Waals surface area contributed by atoms with Gasteiger partial charge in [0.05, 0.1) is 33.2 Å². The van der Waals surface area contributed by atoms with E-state index < -0.39 is 0 Å². The fourth-order valence-electron chi connectivity index (χ4n) is 2.90. The molecule has 0 unspecified atom stereocenters. The SMILES string of the molecule is N#Cc1cccc(NC(=O)CSc2ccccc2C(=O)Nc2nc3ccc(F)cc3s2)c1. The molecule has 6 nitrogen and oxygen atoms in total. The third kappa shape index (κ3) is 5.11. The van der Waals surface area contributed by atoms with Crippen molar-refractivity contribution in [1.29, 1.82) is 5.26 Å². The van der Waals surface area contributed by atoms with Gasteiger partial charge < -0.3 is 5.32 Å². The highest BCUT2D eigenvalue weighted by Crippen LogP contribution is 2.28. The number of carbonyl (C=O) groups excluding carboxylic acids is 2. The van der Waals surface area contributed by atoms with Crippen molar-refractivity contribution in [3.63, 3.8) is 0 Å². The minimum absolute atomic E-state index is 0.0848. The van der Waals surface area contributed by atoms with Crippen LogP contribution in [0.15, 0.2) is 71.6 Å². The molecule has 0 aliphatic rings. The molecule has 0 bridgehead atoms. The van der Waals surface area contributed by atoms with E-state index in [1.165, 1.54) is 35.2 Å². The Morgan fingerprint density at radius 2 is 1.91 bits per heavy atom. The first kappa shape index (κ1) is 21.5. The van der Waals surface area contributed by atoms with E-state index in [2.05, 4.69) is 15.6 Å². The average Bonchev–Trinajstić information content (AvgIpc) is 3.19. The highest BCUT2D eigenvalue weighted by atomic mass is 32.2. The summed E-state index contributed by atoms with van der Waals surface area (Å²) in [5, 5.41) is 14.8. The summed E-state index contributed by atoms with van der Waals surface area (Å²) < 4.78 is 14.0. The Labute approximate surface area is 191 Å². The van der Waals surface area contributed by atoms with Crippen LogP contribution in [-0.4, -0.2) is 22.6 Å². The predicted molar refractivity (Wildman–Crippen MR) is 124 cm³/mol. The van der Waals surface area contributed by atoms with Crippen LogP contribution in [-0.2, 0) is 4.79 Å². The van der Waals surface area contributed by atoms with Crippen molar-refractivity contribution in [3.8, 4) is 6.07 Å². The number of aromatic nitrogens is 1. The first-order valence-electron chi connectivity index (χ1n) is 9.41. The molecular formula is C23H15FN4O2S2. The number of halogens is 1. The van der Waals surface area contributed by atoms with E-state index in [1.807, 2.05) is 6.07 Å². The molecule has 0 fully saturated rings. The van der Waals surface area contributed by atoms with Gasteiger partial charge in [-0.2, -0.15) is 5.26 Å². The average molecular weight is 463 g/mol. The Hall–Kier alpha value is -3.74. The van der Waals surface area contributed by atoms with Crippen LogP contribution in [0.3, 0.4) is 0 Å². The molecule has 4 aromatic rings. The molecule has 0 saturated carbocycles. The molecule has 0 atom stereocenters. The fourth-order valence-corrected chi connectivity index (χ4v) is 4.64. The van der Waals surface area contributed by atoms with Crippen LogP contribution in [0, 0.1) is 17.1 Å². The van der Waals surface area contributed by atoms with E-state index in [0.29, 0.717) is 37.1 Å². The van der Waals surface area contributed by atoms with Gasteiger partial charge in [-0.3, -0.25) is 14.9 Å². The lowest BCUT2D eigenvalue weighted by Crippen LogP contribution is -2.15. The number of fused-ring (bicyclic) bond motifs is 1. The van der Waals surface area contributed by atoms with E-state index in [0.717, 1.165) is 0 Å². The summed E-state index contributed by atoms with van der Waals surface area (Å²) in [5.74, 6) is -0.900. The third-order valence-electron chi connectivity index (χ3n) is 4.34. The number of benzene rings is 3. The predicted octanol–water partition coefficient (Wildman–Crippen LogP) is 5.29. The molecule has 3 aromatic carbocycles. The molecule has 0 saturated heterocycles. The van der Waals surface area contributed by atoms with Crippen LogP contribution in [0.2, 0.25) is 0 Å². The maximum Gasteiger partial charge on any atom is 0.258 e. The van der Waals surface area contributed by atoms with Crippen LogP contribution in [0.1, 0.15) is 15.9 Å². The second-order valence-corrected chi connectivity index (χ2v) is 8.66. The van der Waals surface area contributed by atoms with Crippen LogP contribution in [0.4, 0.5) is 15.2 Å². The van der Waals surface area contributed by atoms with Crippen molar-refractivity contribution in [2.24, 2.45) is 0 Å². The lowest BCUT2D eigenvalue weighted by atomic mass is 10.2. The van der Waals surface area contributed by atoms with Crippen molar-refractivity contribution in [3.05, 3.63) is 83.7 Å². The van der Waals surface area contributed by atoms with Gasteiger partial charge in [0.2, 0.25) is 5.91 Å². The minimum Gasteiger partial charge on any atom is -0.325 e. The lowest BCUT2D eigenvalue weighted by Gasteiger charge is -2.09. The molecule has 32 heavy (non-hydrogen) atoms. The summed E-state index contributed by atoms with van der Waals surface area (Å²) >= 11 is 2.41. The Morgan fingerprint density at radius 3 is 2.75 bits per heavy atom. The molecule has 1 heterocycles. The highest BCUT2D eigenvalue weighted by molar-refractivity contribution is 8.00. The second kappa shape index (κ2) is 9.60. The first-order valence-corrected chi connectivity index (χ1v) is 11.2. The number of amides is 2. The summed E-state index contributed by atoms with van der Waals surface area (Å²) in [6.07, 6.45) is 0. The molecular weight excluding hydrogens is 447 g/mol. The first-order chi connectivity index (χ1) is 15.5. The maximum atomic E-state index is 13.4. The van der Waals surface area contributed by atoms with Gasteiger partial charge in [0, 0.05) is 10.6 Å². The summed E-state index contributed by atoms with van der Waals surface area (Å²) in [6.45, 7) is 0. The van der Waals surface area contributed by atoms with E-state index in [-0.39, 0.29) is 23.4 Å². The van der Waals surface area contributed by atoms with E-state index >= 15 is 0 Å². The Kier molecular flexibility index (Phi) is 6.44. The molecule has 9 heteroatoms. The van der Waals surface area contributed by atoms with E-state index in [4.69, 9.17) is 5.26 Å². The topological polar surface area (TPSA) is 94.9 Å². The molecule has 4 rings (SSSR count). The number of anilines is 2. The van der Waals surface area contributed by atoms with Gasteiger partial charge in [0.25, 0.3) is 5.91 Å². The molecule has 2 N–H and O–H groups in total. The number of thiazole rings is 1. The zero-order chi connectivity index (χ0) is 22.5. The van der Waals surface area contributed by atoms with Gasteiger partial charge in [-0.25, -0.2) is 9.37 Å². The number of nitrogens with one attached hydrogen (secondary N) is 2. The van der Waals surface area contributed by atoms with Crippen LogP contribution >= 0.6 is 23.1 Å². The van der Waals surface area contributed by atoms with Crippen molar-refractivity contribution in [1.82, 2.24) is 4.98 Å². The summed E-state index contributed by atoms with van der Waals surface area (Å²) in [4.78, 5) is 30.1. The second-order valence-electron chi connectivity index (χ2n) is 6.61. The van der Waals surface area contributed by atoms with Gasteiger partial charge in [-0.15, -0.1) is 11.8 Å². The minimum atomic E-state index is -0.366. The molecule has 1 aromatic heterocycles. The highest BCUT2D eigenvalue weighted by Gasteiger charge is 2.15. The maximum absolute atomic E-state index is 13.4. The van der Waals surface area contributed by atoms with Gasteiger partial charge in [-0.05, 0) is 48.5 Å². The number of thioether (sulfide) groups is 1. The summed E-state index contributed by atoms with van der Waals surface area (Å²) in [5.41, 5.74) is 2.00. The number of nitriles is 1. The summed E-state index contributed by atoms with van der Waals surface area (Å²) in [7, 11) is 0. The van der Waals surface area contributed by atoms with E-state index in [9.17, 15) is 14.0 Å². The van der Waals surface area contributed by atoms with Crippen molar-refractivity contribution < 1.29 is 14.0 Å². The number of carbonyl (C=O) groups is 2. The molecule has 0 aliphatic heterocycles. The number of hydrogen-bond acceptors (Lipinski definition) is 6. The molecule has 0 radical (unpaired) electrons. The van der Waals surface area contributed by atoms with Gasteiger partial charge in [-0.1, -0.05) is 29.5 Å². The fraction of sp³-hybridized carbons (Fsp3) is 0.0435. The molecule has 0 spiro atoms. The van der Waals surface area contributed by atoms with E-state index in [1.54, 1.807) is 54.6 Å². The molecule has 0 aliphatic carbocycles. The van der Waals surface area contributed by atoms with Crippen molar-refractivity contribution in [2.45, 2.75) is 4.90 Å². The zero-order valence-corrected chi connectivity index (χ0v) is 18.1. The number of hydrogen-bond donors (Lipinski definition) is 2. The normalized spacial score (nSPS) is 10.5. The van der Waals surface area contributed by atoms with Crippen LogP contribution < -0.4 is 10.6 Å². The smallest absolute Gasteiger partial charge is 0.258 e. The van der Waals surface area contributed by atoms with Crippen molar-refractivity contribution >= 4 is 55.9 Å². The lowest BCUT2D eigenvalue weighted by molar-refractivity contribution is -0.113. The molecule has 158 valence electrons. The van der Waals surface area contributed by atoms with Gasteiger partial charge >= 0.3 is 0 Å². The Bertz CT molecular complexity index is 1360. The molecule has 2 amide bonds. The summed E-state index contributed by atoms with van der Waals surface area (Å²) in [6, 6.07) is 19.9. The van der Waals surface area contributed by atoms with Gasteiger partial charge in [0.15, 0.2) is 5.13 Å². The van der Waals surface area contributed by atoms with Crippen LogP contribution in [0.5, 0.6) is 0 Å². The number of rotatable bonds is 6. The van der Waals surface area contributed by atoms with Crippen LogP contribution in [0.25, 0.3) is 10.2 Å². The quantitative estimate of drug-likeness (QED) is 0.380. The van der Waals surface area contributed by atoms with Gasteiger partial charge in [0.1, 0.15) is 5.82 Å². The zero-order valence-electron chi connectivity index (χ0n) is 16.5. The Balaban J connectivity index is 1.43. The standard InChI is InChI=1S/C23H15FN4O2S2/c24-15-8-9-18-20(11-15)32-23(27-18)28-22(30)17-6-1-2-7-19(17)31-13-21(29)26-16-5-3-4-14(10-16)12-25/h1-11H,13H2,(H,26,29)(H,27,28,30). The monoisotopic (exact) mass is 462 g/mol.